The second-order valence-electron chi connectivity index (χ2n) is 6.59. The Morgan fingerprint density at radius 1 is 1.11 bits per heavy atom. The van der Waals surface area contributed by atoms with Gasteiger partial charge in [0.25, 0.3) is 0 Å². The number of carbonyl (C=O) groups excluding carboxylic acids is 1. The van der Waals surface area contributed by atoms with Crippen molar-refractivity contribution in [2.75, 3.05) is 37.6 Å². The Morgan fingerprint density at radius 2 is 1.78 bits per heavy atom. The van der Waals surface area contributed by atoms with Crippen molar-refractivity contribution in [2.45, 2.75) is 13.0 Å². The lowest BCUT2D eigenvalue weighted by molar-refractivity contribution is -0.130. The van der Waals surface area contributed by atoms with Crippen LogP contribution in [0.5, 0.6) is 0 Å². The van der Waals surface area contributed by atoms with E-state index in [9.17, 15) is 9.18 Å². The lowest BCUT2D eigenvalue weighted by atomic mass is 10.1. The van der Waals surface area contributed by atoms with Crippen molar-refractivity contribution in [3.8, 4) is 0 Å². The van der Waals surface area contributed by atoms with E-state index in [-0.39, 0.29) is 23.5 Å². The van der Waals surface area contributed by atoms with Gasteiger partial charge in [-0.05, 0) is 36.8 Å². The second-order valence-corrected chi connectivity index (χ2v) is 7.41. The smallest absolute Gasteiger partial charge is 0.236 e. The van der Waals surface area contributed by atoms with Gasteiger partial charge in [-0.3, -0.25) is 4.79 Å². The third-order valence-corrected chi connectivity index (χ3v) is 5.44. The highest BCUT2D eigenvalue weighted by molar-refractivity contribution is 6.35. The quantitative estimate of drug-likeness (QED) is 0.753. The Kier molecular flexibility index (Phi) is 6.58. The predicted molar refractivity (Wildman–Crippen MR) is 108 cm³/mol. The number of nitrogens with zero attached hydrogens (tertiary/aromatic N) is 2. The molecule has 0 radical (unpaired) electrons. The summed E-state index contributed by atoms with van der Waals surface area (Å²) in [5.74, 6) is -0.492. The normalized spacial score (nSPS) is 15.7. The van der Waals surface area contributed by atoms with Crippen LogP contribution in [-0.4, -0.2) is 43.5 Å². The van der Waals surface area contributed by atoms with Gasteiger partial charge in [0.2, 0.25) is 5.91 Å². The van der Waals surface area contributed by atoms with Gasteiger partial charge in [-0.25, -0.2) is 4.39 Å². The molecule has 1 aliphatic heterocycles. The van der Waals surface area contributed by atoms with E-state index in [0.29, 0.717) is 23.7 Å². The molecule has 0 bridgehead atoms. The molecule has 7 heteroatoms. The molecular weight excluding hydrogens is 388 g/mol. The number of piperazine rings is 1. The van der Waals surface area contributed by atoms with Crippen LogP contribution in [0.25, 0.3) is 0 Å². The van der Waals surface area contributed by atoms with Gasteiger partial charge >= 0.3 is 0 Å². The monoisotopic (exact) mass is 409 g/mol. The summed E-state index contributed by atoms with van der Waals surface area (Å²) in [6.45, 7) is 4.99. The molecule has 3 rings (SSSR count). The molecule has 0 aromatic heterocycles. The SMILES string of the molecule is C[C@H](NCC(=O)N1CCN(c2ccccc2)CC1)c1cc(F)c(Cl)cc1Cl. The van der Waals surface area contributed by atoms with Crippen molar-refractivity contribution in [2.24, 2.45) is 0 Å². The number of para-hydroxylation sites is 1. The molecule has 1 amide bonds. The van der Waals surface area contributed by atoms with Gasteiger partial charge in [0.1, 0.15) is 5.82 Å². The minimum Gasteiger partial charge on any atom is -0.368 e. The third-order valence-electron chi connectivity index (χ3n) is 4.82. The van der Waals surface area contributed by atoms with Crippen LogP contribution in [0.15, 0.2) is 42.5 Å². The van der Waals surface area contributed by atoms with Crippen LogP contribution in [0, 0.1) is 5.82 Å². The zero-order chi connectivity index (χ0) is 19.4. The minimum absolute atomic E-state index is 0.0108. The molecule has 0 spiro atoms. The van der Waals surface area contributed by atoms with Crippen molar-refractivity contribution in [1.29, 1.82) is 0 Å². The zero-order valence-electron chi connectivity index (χ0n) is 15.1. The minimum atomic E-state index is -0.520. The van der Waals surface area contributed by atoms with Crippen LogP contribution < -0.4 is 10.2 Å². The maximum atomic E-state index is 13.7. The molecule has 1 N–H and O–H groups in total. The Hall–Kier alpha value is -1.82. The van der Waals surface area contributed by atoms with Crippen LogP contribution in [0.2, 0.25) is 10.0 Å². The van der Waals surface area contributed by atoms with Gasteiger partial charge in [0, 0.05) is 42.9 Å². The lowest BCUT2D eigenvalue weighted by Gasteiger charge is -2.36. The third kappa shape index (κ3) is 4.92. The molecule has 1 atom stereocenters. The molecule has 0 aliphatic carbocycles. The zero-order valence-corrected chi connectivity index (χ0v) is 16.6. The summed E-state index contributed by atoms with van der Waals surface area (Å²) >= 11 is 11.9. The molecule has 2 aromatic rings. The highest BCUT2D eigenvalue weighted by atomic mass is 35.5. The van der Waals surface area contributed by atoms with E-state index in [1.165, 1.54) is 17.8 Å². The van der Waals surface area contributed by atoms with Crippen LogP contribution in [-0.2, 0) is 4.79 Å². The highest BCUT2D eigenvalue weighted by Crippen LogP contribution is 2.28. The summed E-state index contributed by atoms with van der Waals surface area (Å²) in [7, 11) is 0. The van der Waals surface area contributed by atoms with E-state index in [1.54, 1.807) is 0 Å². The average molecular weight is 410 g/mol. The van der Waals surface area contributed by atoms with Crippen molar-refractivity contribution in [1.82, 2.24) is 10.2 Å². The van der Waals surface area contributed by atoms with Crippen LogP contribution >= 0.6 is 23.2 Å². The van der Waals surface area contributed by atoms with Crippen molar-refractivity contribution in [3.63, 3.8) is 0 Å². The maximum Gasteiger partial charge on any atom is 0.236 e. The number of benzene rings is 2. The van der Waals surface area contributed by atoms with Crippen LogP contribution in [0.4, 0.5) is 10.1 Å². The number of nitrogens with one attached hydrogen (secondary N) is 1. The first-order chi connectivity index (χ1) is 13.0. The van der Waals surface area contributed by atoms with E-state index in [1.807, 2.05) is 30.0 Å². The van der Waals surface area contributed by atoms with Gasteiger partial charge in [0.15, 0.2) is 0 Å². The molecule has 27 heavy (non-hydrogen) atoms. The fraction of sp³-hybridized carbons (Fsp3) is 0.350. The first-order valence-corrected chi connectivity index (χ1v) is 9.67. The molecule has 1 fully saturated rings. The second kappa shape index (κ2) is 8.91. The standard InChI is InChI=1S/C20H22Cl2FN3O/c1-14(16-11-19(23)18(22)12-17(16)21)24-13-20(27)26-9-7-25(8-10-26)15-5-3-2-4-6-15/h2-6,11-12,14,24H,7-10,13H2,1H3/t14-/m0/s1. The number of anilines is 1. The van der Waals surface area contributed by atoms with E-state index >= 15 is 0 Å². The van der Waals surface area contributed by atoms with Gasteiger partial charge < -0.3 is 15.1 Å². The molecule has 2 aromatic carbocycles. The summed E-state index contributed by atoms with van der Waals surface area (Å²) < 4.78 is 13.7. The van der Waals surface area contributed by atoms with E-state index in [2.05, 4.69) is 22.3 Å². The fourth-order valence-electron chi connectivity index (χ4n) is 3.18. The summed E-state index contributed by atoms with van der Waals surface area (Å²) in [6, 6.07) is 12.6. The van der Waals surface area contributed by atoms with Crippen molar-refractivity contribution < 1.29 is 9.18 Å². The summed E-state index contributed by atoms with van der Waals surface area (Å²) in [5, 5.41) is 3.50. The number of hydrogen-bond donors (Lipinski definition) is 1. The van der Waals surface area contributed by atoms with Gasteiger partial charge in [0.05, 0.1) is 11.6 Å². The van der Waals surface area contributed by atoms with Crippen LogP contribution in [0.3, 0.4) is 0 Å². The van der Waals surface area contributed by atoms with E-state index in [0.717, 1.165) is 13.1 Å². The number of rotatable bonds is 5. The first kappa shape index (κ1) is 19.9. The topological polar surface area (TPSA) is 35.6 Å². The summed E-state index contributed by atoms with van der Waals surface area (Å²) in [4.78, 5) is 16.6. The van der Waals surface area contributed by atoms with E-state index in [4.69, 9.17) is 23.2 Å². The molecular formula is C20H22Cl2FN3O. The first-order valence-electron chi connectivity index (χ1n) is 8.91. The Labute approximate surface area is 168 Å². The van der Waals surface area contributed by atoms with Crippen molar-refractivity contribution in [3.05, 3.63) is 63.9 Å². The van der Waals surface area contributed by atoms with Gasteiger partial charge in [-0.15, -0.1) is 0 Å². The lowest BCUT2D eigenvalue weighted by Crippen LogP contribution is -2.51. The largest absolute Gasteiger partial charge is 0.368 e. The maximum absolute atomic E-state index is 13.7. The number of halogens is 3. The molecule has 1 saturated heterocycles. The highest BCUT2D eigenvalue weighted by Gasteiger charge is 2.22. The van der Waals surface area contributed by atoms with Crippen LogP contribution in [0.1, 0.15) is 18.5 Å². The number of carbonyl (C=O) groups is 1. The molecule has 0 saturated carbocycles. The molecule has 1 heterocycles. The fourth-order valence-corrected chi connectivity index (χ4v) is 3.73. The molecule has 144 valence electrons. The number of amides is 1. The van der Waals surface area contributed by atoms with Gasteiger partial charge in [-0.1, -0.05) is 41.4 Å². The summed E-state index contributed by atoms with van der Waals surface area (Å²) in [6.07, 6.45) is 0. The summed E-state index contributed by atoms with van der Waals surface area (Å²) in [5.41, 5.74) is 1.76. The van der Waals surface area contributed by atoms with Crippen molar-refractivity contribution >= 4 is 34.8 Å². The Morgan fingerprint density at radius 3 is 2.44 bits per heavy atom. The molecule has 1 aliphatic rings. The average Bonchev–Trinajstić information content (AvgIpc) is 2.69. The molecule has 4 nitrogen and oxygen atoms in total. The van der Waals surface area contributed by atoms with E-state index < -0.39 is 5.82 Å². The number of hydrogen-bond acceptors (Lipinski definition) is 3. The van der Waals surface area contributed by atoms with Gasteiger partial charge in [-0.2, -0.15) is 0 Å². The Bertz CT molecular complexity index is 795. The molecule has 0 unspecified atom stereocenters. The Balaban J connectivity index is 1.51. The predicted octanol–water partition coefficient (Wildman–Crippen LogP) is 4.13.